The summed E-state index contributed by atoms with van der Waals surface area (Å²) in [5, 5.41) is 0. The number of pyridine rings is 1. The van der Waals surface area contributed by atoms with Gasteiger partial charge in [0.1, 0.15) is 11.5 Å². The van der Waals surface area contributed by atoms with Crippen molar-refractivity contribution in [3.8, 4) is 22.8 Å². The molecule has 3 aromatic rings. The molecule has 2 N–H and O–H groups in total. The molecule has 0 fully saturated rings. The summed E-state index contributed by atoms with van der Waals surface area (Å²) in [6.07, 6.45) is 0. The van der Waals surface area contributed by atoms with Crippen molar-refractivity contribution in [3.05, 3.63) is 58.7 Å². The summed E-state index contributed by atoms with van der Waals surface area (Å²) in [6, 6.07) is 15.6. The summed E-state index contributed by atoms with van der Waals surface area (Å²) in [7, 11) is 0. The summed E-state index contributed by atoms with van der Waals surface area (Å²) in [5.41, 5.74) is 9.38. The Balaban J connectivity index is 2.19. The highest BCUT2D eigenvalue weighted by atomic mass is 79.9. The Kier molecular flexibility index (Phi) is 3.66. The Bertz CT molecular complexity index is 788. The van der Waals surface area contributed by atoms with Crippen molar-refractivity contribution in [1.29, 1.82) is 0 Å². The minimum absolute atomic E-state index is 0.405. The zero-order valence-electron chi connectivity index (χ0n) is 11.4. The van der Waals surface area contributed by atoms with E-state index in [2.05, 4.69) is 30.9 Å². The maximum atomic E-state index is 6.01. The smallest absolute Gasteiger partial charge is 0.180 e. The number of aryl methyl sites for hydroxylation is 1. The minimum atomic E-state index is 0.405. The van der Waals surface area contributed by atoms with Crippen LogP contribution < -0.4 is 5.73 Å². The number of nitrogen functional groups attached to an aromatic ring is 1. The summed E-state index contributed by atoms with van der Waals surface area (Å²) in [5.74, 6) is 0.931. The molecular formula is C16H13BrN4. The van der Waals surface area contributed by atoms with Crippen molar-refractivity contribution in [3.63, 3.8) is 0 Å². The zero-order chi connectivity index (χ0) is 14.8. The molecule has 2 heterocycles. The van der Waals surface area contributed by atoms with E-state index in [1.54, 1.807) is 0 Å². The van der Waals surface area contributed by atoms with Gasteiger partial charge in [0.25, 0.3) is 0 Å². The Morgan fingerprint density at radius 1 is 0.905 bits per heavy atom. The van der Waals surface area contributed by atoms with Gasteiger partial charge < -0.3 is 5.73 Å². The number of benzene rings is 1. The van der Waals surface area contributed by atoms with Crippen LogP contribution in [0.3, 0.4) is 0 Å². The van der Waals surface area contributed by atoms with Crippen LogP contribution in [-0.2, 0) is 0 Å². The van der Waals surface area contributed by atoms with Gasteiger partial charge in [-0.1, -0.05) is 36.4 Å². The summed E-state index contributed by atoms with van der Waals surface area (Å²) in [4.78, 5) is 13.4. The number of hydrogen-bond acceptors (Lipinski definition) is 4. The third-order valence-corrected chi connectivity index (χ3v) is 3.82. The fourth-order valence-corrected chi connectivity index (χ4v) is 2.44. The largest absolute Gasteiger partial charge is 0.383 e. The molecule has 21 heavy (non-hydrogen) atoms. The van der Waals surface area contributed by atoms with Crippen LogP contribution in [0.1, 0.15) is 5.69 Å². The van der Waals surface area contributed by atoms with Crippen molar-refractivity contribution in [2.75, 3.05) is 5.73 Å². The molecule has 0 atom stereocenters. The second-order valence-corrected chi connectivity index (χ2v) is 5.42. The van der Waals surface area contributed by atoms with E-state index in [-0.39, 0.29) is 0 Å². The first-order valence-corrected chi connectivity index (χ1v) is 7.27. The van der Waals surface area contributed by atoms with E-state index in [1.807, 2.05) is 55.5 Å². The number of rotatable bonds is 2. The lowest BCUT2D eigenvalue weighted by atomic mass is 10.1. The molecule has 4 nitrogen and oxygen atoms in total. The van der Waals surface area contributed by atoms with Crippen molar-refractivity contribution in [1.82, 2.24) is 15.0 Å². The molecule has 0 aliphatic heterocycles. The molecule has 0 saturated carbocycles. The molecule has 0 bridgehead atoms. The van der Waals surface area contributed by atoms with Crippen LogP contribution in [0, 0.1) is 6.92 Å². The normalized spacial score (nSPS) is 10.6. The van der Waals surface area contributed by atoms with E-state index in [4.69, 9.17) is 5.73 Å². The maximum absolute atomic E-state index is 6.01. The molecule has 0 saturated heterocycles. The Morgan fingerprint density at radius 2 is 1.67 bits per heavy atom. The second-order valence-electron chi connectivity index (χ2n) is 4.63. The van der Waals surface area contributed by atoms with E-state index in [1.165, 1.54) is 0 Å². The van der Waals surface area contributed by atoms with Crippen molar-refractivity contribution < 1.29 is 0 Å². The monoisotopic (exact) mass is 340 g/mol. The van der Waals surface area contributed by atoms with Crippen LogP contribution in [0.4, 0.5) is 5.82 Å². The van der Waals surface area contributed by atoms with Gasteiger partial charge in [-0.25, -0.2) is 15.0 Å². The predicted octanol–water partition coefficient (Wildman–Crippen LogP) is 3.86. The summed E-state index contributed by atoms with van der Waals surface area (Å²) >= 11 is 3.47. The average molecular weight is 341 g/mol. The first-order chi connectivity index (χ1) is 10.1. The molecule has 0 unspecified atom stereocenters. The van der Waals surface area contributed by atoms with Gasteiger partial charge in [0.15, 0.2) is 5.82 Å². The molecule has 0 aliphatic rings. The molecule has 0 spiro atoms. The lowest BCUT2D eigenvalue weighted by Crippen LogP contribution is -2.01. The number of aromatic nitrogens is 3. The number of hydrogen-bond donors (Lipinski definition) is 1. The van der Waals surface area contributed by atoms with Crippen LogP contribution in [0.25, 0.3) is 22.8 Å². The van der Waals surface area contributed by atoms with Crippen molar-refractivity contribution in [2.45, 2.75) is 6.92 Å². The van der Waals surface area contributed by atoms with Crippen LogP contribution in [-0.4, -0.2) is 15.0 Å². The van der Waals surface area contributed by atoms with Gasteiger partial charge in [-0.3, -0.25) is 0 Å². The SMILES string of the molecule is Cc1cccc(-c2nc(N)c(Br)c(-c3ccccc3)n2)n1. The molecule has 2 aromatic heterocycles. The first-order valence-electron chi connectivity index (χ1n) is 6.47. The Morgan fingerprint density at radius 3 is 2.38 bits per heavy atom. The van der Waals surface area contributed by atoms with Crippen molar-refractivity contribution >= 4 is 21.7 Å². The third kappa shape index (κ3) is 2.78. The van der Waals surface area contributed by atoms with Gasteiger partial charge in [0, 0.05) is 11.3 Å². The van der Waals surface area contributed by atoms with E-state index < -0.39 is 0 Å². The number of halogens is 1. The van der Waals surface area contributed by atoms with Gasteiger partial charge in [-0.2, -0.15) is 0 Å². The number of anilines is 1. The quantitative estimate of drug-likeness (QED) is 0.769. The van der Waals surface area contributed by atoms with Gasteiger partial charge in [-0.15, -0.1) is 0 Å². The zero-order valence-corrected chi connectivity index (χ0v) is 13.0. The molecule has 3 rings (SSSR count). The molecule has 5 heteroatoms. The molecule has 0 radical (unpaired) electrons. The number of nitrogens with two attached hydrogens (primary N) is 1. The topological polar surface area (TPSA) is 64.7 Å². The van der Waals surface area contributed by atoms with Crippen LogP contribution in [0.5, 0.6) is 0 Å². The summed E-state index contributed by atoms with van der Waals surface area (Å²) in [6.45, 7) is 1.93. The fourth-order valence-electron chi connectivity index (χ4n) is 2.03. The fraction of sp³-hybridized carbons (Fsp3) is 0.0625. The Labute approximate surface area is 131 Å². The highest BCUT2D eigenvalue weighted by molar-refractivity contribution is 9.10. The van der Waals surface area contributed by atoms with Crippen LogP contribution in [0.2, 0.25) is 0 Å². The van der Waals surface area contributed by atoms with Crippen LogP contribution in [0.15, 0.2) is 53.0 Å². The lowest BCUT2D eigenvalue weighted by molar-refractivity contribution is 1.11. The molecule has 104 valence electrons. The first kappa shape index (κ1) is 13.7. The maximum Gasteiger partial charge on any atom is 0.180 e. The van der Waals surface area contributed by atoms with E-state index in [0.717, 1.165) is 17.0 Å². The van der Waals surface area contributed by atoms with Crippen LogP contribution >= 0.6 is 15.9 Å². The highest BCUT2D eigenvalue weighted by Gasteiger charge is 2.13. The van der Waals surface area contributed by atoms with Crippen molar-refractivity contribution in [2.24, 2.45) is 0 Å². The molecule has 0 amide bonds. The predicted molar refractivity (Wildman–Crippen MR) is 87.5 cm³/mol. The average Bonchev–Trinajstić information content (AvgIpc) is 2.51. The minimum Gasteiger partial charge on any atom is -0.383 e. The number of nitrogens with zero attached hydrogens (tertiary/aromatic N) is 3. The summed E-state index contributed by atoms with van der Waals surface area (Å²) < 4.78 is 0.699. The lowest BCUT2D eigenvalue weighted by Gasteiger charge is -2.09. The van der Waals surface area contributed by atoms with Gasteiger partial charge >= 0.3 is 0 Å². The van der Waals surface area contributed by atoms with E-state index >= 15 is 0 Å². The Hall–Kier alpha value is -2.27. The third-order valence-electron chi connectivity index (χ3n) is 3.04. The van der Waals surface area contributed by atoms with E-state index in [9.17, 15) is 0 Å². The van der Waals surface area contributed by atoms with E-state index in [0.29, 0.717) is 21.8 Å². The standard InChI is InChI=1S/C16H13BrN4/c1-10-6-5-9-12(19-10)16-20-14(13(17)15(18)21-16)11-7-3-2-4-8-11/h2-9H,1H3,(H2,18,20,21). The second kappa shape index (κ2) is 5.61. The van der Waals surface area contributed by atoms with Gasteiger partial charge in [-0.05, 0) is 35.0 Å². The highest BCUT2D eigenvalue weighted by Crippen LogP contribution is 2.31. The molecule has 1 aromatic carbocycles. The van der Waals surface area contributed by atoms with Gasteiger partial charge in [0.05, 0.1) is 10.2 Å². The van der Waals surface area contributed by atoms with Gasteiger partial charge in [0.2, 0.25) is 0 Å². The molecule has 0 aliphatic carbocycles. The molecular weight excluding hydrogens is 328 g/mol.